The molecule has 0 bridgehead atoms. The number of carbonyl (C=O) groups excluding carboxylic acids is 1. The van der Waals surface area contributed by atoms with Gasteiger partial charge in [-0.15, -0.1) is 0 Å². The minimum absolute atomic E-state index is 0.114. The van der Waals surface area contributed by atoms with Crippen molar-refractivity contribution in [1.82, 2.24) is 24.4 Å². The Balaban J connectivity index is 1.22. The van der Waals surface area contributed by atoms with Crippen LogP contribution in [0.15, 0.2) is 36.9 Å². The first-order valence-corrected chi connectivity index (χ1v) is 9.98. The highest BCUT2D eigenvalue weighted by molar-refractivity contribution is 5.83. The Morgan fingerprint density at radius 3 is 2.62 bits per heavy atom. The summed E-state index contributed by atoms with van der Waals surface area (Å²) in [5, 5.41) is 0. The van der Waals surface area contributed by atoms with Gasteiger partial charge in [-0.3, -0.25) is 4.79 Å². The van der Waals surface area contributed by atoms with Gasteiger partial charge in [-0.05, 0) is 18.1 Å². The molecule has 0 N–H and O–H groups in total. The summed E-state index contributed by atoms with van der Waals surface area (Å²) >= 11 is 0. The van der Waals surface area contributed by atoms with Crippen molar-refractivity contribution in [1.29, 1.82) is 0 Å². The molecule has 0 spiro atoms. The molecule has 2 aromatic heterocycles. The molecule has 2 fully saturated rings. The fourth-order valence-corrected chi connectivity index (χ4v) is 4.64. The lowest BCUT2D eigenvalue weighted by Gasteiger charge is -2.22. The number of benzene rings is 1. The van der Waals surface area contributed by atoms with Gasteiger partial charge in [0.2, 0.25) is 5.91 Å². The highest BCUT2D eigenvalue weighted by Crippen LogP contribution is 2.35. The van der Waals surface area contributed by atoms with Crippen LogP contribution < -0.4 is 4.90 Å². The zero-order chi connectivity index (χ0) is 20.0. The number of rotatable bonds is 4. The number of fused-ring (bicyclic) bond motifs is 2. The summed E-state index contributed by atoms with van der Waals surface area (Å²) in [5.41, 5.74) is 2.26. The first-order valence-electron chi connectivity index (χ1n) is 9.98. The van der Waals surface area contributed by atoms with Crippen molar-refractivity contribution in [2.45, 2.75) is 12.8 Å². The minimum atomic E-state index is -0.236. The van der Waals surface area contributed by atoms with E-state index >= 15 is 0 Å². The van der Waals surface area contributed by atoms with Crippen LogP contribution in [0.4, 0.5) is 10.2 Å². The number of hydrogen-bond acceptors (Lipinski definition) is 5. The first kappa shape index (κ1) is 18.0. The van der Waals surface area contributed by atoms with Gasteiger partial charge < -0.3 is 14.4 Å². The van der Waals surface area contributed by atoms with Crippen LogP contribution in [0.1, 0.15) is 12.0 Å². The summed E-state index contributed by atoms with van der Waals surface area (Å²) in [7, 11) is 1.93. The van der Waals surface area contributed by atoms with E-state index in [2.05, 4.69) is 19.9 Å². The van der Waals surface area contributed by atoms with Crippen molar-refractivity contribution >= 4 is 22.9 Å². The van der Waals surface area contributed by atoms with E-state index in [1.54, 1.807) is 24.8 Å². The van der Waals surface area contributed by atoms with Gasteiger partial charge in [0.1, 0.15) is 12.1 Å². The quantitative estimate of drug-likeness (QED) is 0.677. The lowest BCUT2D eigenvalue weighted by Crippen LogP contribution is -2.33. The van der Waals surface area contributed by atoms with Gasteiger partial charge in [-0.25, -0.2) is 19.3 Å². The SMILES string of the molecule is Cn1cnc2c(N3CC4CN(C(=O)CCc5ccccc5F)CC4C3)ncnc21. The number of imidazole rings is 1. The van der Waals surface area contributed by atoms with Gasteiger partial charge in [0.25, 0.3) is 0 Å². The standard InChI is InChI=1S/C21H23FN6O/c1-26-13-25-19-20(26)23-12-24-21(19)28-10-15-8-27(9-16(15)11-28)18(29)7-6-14-4-2-3-5-17(14)22/h2-5,12-13,15-16H,6-11H2,1H3. The molecule has 7 nitrogen and oxygen atoms in total. The van der Waals surface area contributed by atoms with E-state index in [0.717, 1.165) is 43.2 Å². The van der Waals surface area contributed by atoms with E-state index in [-0.39, 0.29) is 11.7 Å². The van der Waals surface area contributed by atoms with E-state index < -0.39 is 0 Å². The highest BCUT2D eigenvalue weighted by atomic mass is 19.1. The summed E-state index contributed by atoms with van der Waals surface area (Å²) in [5.74, 6) is 1.62. The van der Waals surface area contributed by atoms with Crippen molar-refractivity contribution in [2.75, 3.05) is 31.1 Å². The van der Waals surface area contributed by atoms with E-state index in [0.29, 0.717) is 30.2 Å². The Labute approximate surface area is 168 Å². The number of carbonyl (C=O) groups is 1. The molecule has 2 unspecified atom stereocenters. The maximum atomic E-state index is 13.8. The van der Waals surface area contributed by atoms with Crippen LogP contribution in [0.5, 0.6) is 0 Å². The molecular formula is C21H23FN6O. The van der Waals surface area contributed by atoms with E-state index in [4.69, 9.17) is 0 Å². The molecule has 1 amide bonds. The molecule has 2 aliphatic rings. The number of anilines is 1. The summed E-state index contributed by atoms with van der Waals surface area (Å²) in [6.45, 7) is 3.25. The van der Waals surface area contributed by atoms with Crippen molar-refractivity contribution in [3.05, 3.63) is 48.3 Å². The third-order valence-electron chi connectivity index (χ3n) is 6.18. The van der Waals surface area contributed by atoms with Gasteiger partial charge >= 0.3 is 0 Å². The number of aryl methyl sites for hydroxylation is 2. The average molecular weight is 394 g/mol. The number of nitrogens with zero attached hydrogens (tertiary/aromatic N) is 6. The van der Waals surface area contributed by atoms with Gasteiger partial charge in [0, 0.05) is 51.5 Å². The number of aromatic nitrogens is 4. The van der Waals surface area contributed by atoms with E-state index in [9.17, 15) is 9.18 Å². The fourth-order valence-electron chi connectivity index (χ4n) is 4.64. The Morgan fingerprint density at radius 1 is 1.10 bits per heavy atom. The molecule has 2 aliphatic heterocycles. The second-order valence-corrected chi connectivity index (χ2v) is 8.04. The Hall–Kier alpha value is -3.03. The molecule has 150 valence electrons. The Kier molecular flexibility index (Phi) is 4.41. The number of amides is 1. The van der Waals surface area contributed by atoms with Gasteiger partial charge in [-0.1, -0.05) is 18.2 Å². The minimum Gasteiger partial charge on any atom is -0.354 e. The molecule has 8 heteroatoms. The Bertz CT molecular complexity index is 1050. The average Bonchev–Trinajstić information content (AvgIpc) is 3.40. The van der Waals surface area contributed by atoms with Crippen LogP contribution in [0.3, 0.4) is 0 Å². The summed E-state index contributed by atoms with van der Waals surface area (Å²) < 4.78 is 15.7. The Morgan fingerprint density at radius 2 is 1.86 bits per heavy atom. The summed E-state index contributed by atoms with van der Waals surface area (Å²) in [4.78, 5) is 30.1. The maximum Gasteiger partial charge on any atom is 0.222 e. The zero-order valence-electron chi connectivity index (χ0n) is 16.3. The molecule has 2 atom stereocenters. The molecule has 0 saturated carbocycles. The van der Waals surface area contributed by atoms with Crippen molar-refractivity contribution in [2.24, 2.45) is 18.9 Å². The van der Waals surface area contributed by atoms with Crippen LogP contribution >= 0.6 is 0 Å². The first-order chi connectivity index (χ1) is 14.1. The molecular weight excluding hydrogens is 371 g/mol. The highest BCUT2D eigenvalue weighted by Gasteiger charge is 2.42. The van der Waals surface area contributed by atoms with Crippen molar-refractivity contribution < 1.29 is 9.18 Å². The largest absolute Gasteiger partial charge is 0.354 e. The molecule has 3 aromatic rings. The maximum absolute atomic E-state index is 13.8. The van der Waals surface area contributed by atoms with Crippen LogP contribution in [0, 0.1) is 17.7 Å². The van der Waals surface area contributed by atoms with Gasteiger partial charge in [-0.2, -0.15) is 0 Å². The second-order valence-electron chi connectivity index (χ2n) is 8.04. The summed E-state index contributed by atoms with van der Waals surface area (Å²) in [6.07, 6.45) is 4.15. The fraction of sp³-hybridized carbons (Fsp3) is 0.429. The van der Waals surface area contributed by atoms with Crippen LogP contribution in [-0.4, -0.2) is 56.5 Å². The van der Waals surface area contributed by atoms with Gasteiger partial charge in [0.15, 0.2) is 17.0 Å². The van der Waals surface area contributed by atoms with E-state index in [1.165, 1.54) is 6.07 Å². The topological polar surface area (TPSA) is 67.2 Å². The number of likely N-dealkylation sites (tertiary alicyclic amines) is 1. The molecule has 5 rings (SSSR count). The molecule has 1 aromatic carbocycles. The van der Waals surface area contributed by atoms with Crippen molar-refractivity contribution in [3.63, 3.8) is 0 Å². The molecule has 0 aliphatic carbocycles. The third-order valence-corrected chi connectivity index (χ3v) is 6.18. The molecule has 4 heterocycles. The number of halogens is 1. The monoisotopic (exact) mass is 394 g/mol. The molecule has 29 heavy (non-hydrogen) atoms. The predicted molar refractivity (Wildman–Crippen MR) is 107 cm³/mol. The molecule has 2 saturated heterocycles. The van der Waals surface area contributed by atoms with Gasteiger partial charge in [0.05, 0.1) is 6.33 Å². The van der Waals surface area contributed by atoms with Crippen LogP contribution in [0.25, 0.3) is 11.2 Å². The zero-order valence-corrected chi connectivity index (χ0v) is 16.3. The summed E-state index contributed by atoms with van der Waals surface area (Å²) in [6, 6.07) is 6.67. The lowest BCUT2D eigenvalue weighted by atomic mass is 10.0. The van der Waals surface area contributed by atoms with Crippen LogP contribution in [0.2, 0.25) is 0 Å². The number of hydrogen-bond donors (Lipinski definition) is 0. The smallest absolute Gasteiger partial charge is 0.222 e. The predicted octanol–water partition coefficient (Wildman–Crippen LogP) is 2.03. The third kappa shape index (κ3) is 3.22. The normalized spacial score (nSPS) is 21.2. The molecule has 0 radical (unpaired) electrons. The lowest BCUT2D eigenvalue weighted by molar-refractivity contribution is -0.130. The second kappa shape index (κ2) is 7.09. The van der Waals surface area contributed by atoms with Crippen molar-refractivity contribution in [3.8, 4) is 0 Å². The van der Waals surface area contributed by atoms with E-state index in [1.807, 2.05) is 22.6 Å². The van der Waals surface area contributed by atoms with Crippen LogP contribution in [-0.2, 0) is 18.3 Å².